The Bertz CT molecular complexity index is 981. The summed E-state index contributed by atoms with van der Waals surface area (Å²) in [4.78, 5) is 14.5. The molecule has 1 N–H and O–H groups in total. The molecule has 1 heterocycles. The van der Waals surface area contributed by atoms with Crippen LogP contribution in [0.3, 0.4) is 0 Å². The zero-order valence-corrected chi connectivity index (χ0v) is 24.6. The molecule has 5 rings (SSSR count). The van der Waals surface area contributed by atoms with Crippen molar-refractivity contribution in [1.82, 2.24) is 10.2 Å². The van der Waals surface area contributed by atoms with Crippen molar-refractivity contribution in [3.63, 3.8) is 0 Å². The molecule has 4 aliphatic carbocycles. The topological polar surface area (TPSA) is 41.6 Å². The van der Waals surface area contributed by atoms with Crippen molar-refractivity contribution >= 4 is 5.97 Å². The summed E-state index contributed by atoms with van der Waals surface area (Å²) in [5, 5.41) is 3.47. The van der Waals surface area contributed by atoms with Gasteiger partial charge >= 0.3 is 5.97 Å². The van der Waals surface area contributed by atoms with E-state index in [9.17, 15) is 4.79 Å². The van der Waals surface area contributed by atoms with Gasteiger partial charge in [-0.25, -0.2) is 0 Å². The molecule has 9 atom stereocenters. The number of carbonyl (C=O) groups excluding carboxylic acids is 1. The molecule has 5 aliphatic rings. The van der Waals surface area contributed by atoms with Crippen molar-refractivity contribution in [2.75, 3.05) is 27.2 Å². The van der Waals surface area contributed by atoms with Crippen LogP contribution in [-0.4, -0.2) is 50.2 Å². The lowest BCUT2D eigenvalue weighted by molar-refractivity contribution is -0.162. The van der Waals surface area contributed by atoms with Gasteiger partial charge in [0, 0.05) is 32.0 Å². The van der Waals surface area contributed by atoms with E-state index in [1.54, 1.807) is 23.6 Å². The minimum atomic E-state index is -0.132. The first-order valence-electron chi connectivity index (χ1n) is 15.2. The maximum Gasteiger partial charge on any atom is 0.302 e. The van der Waals surface area contributed by atoms with E-state index in [4.69, 9.17) is 4.74 Å². The number of likely N-dealkylation sites (N-methyl/N-ethyl adjacent to an activating group) is 2. The Kier molecular flexibility index (Phi) is 7.57. The Hall–Kier alpha value is -1.39. The average Bonchev–Trinajstić information content (AvgIpc) is 3.20. The van der Waals surface area contributed by atoms with E-state index < -0.39 is 0 Å². The van der Waals surface area contributed by atoms with Gasteiger partial charge in [-0.3, -0.25) is 4.79 Å². The van der Waals surface area contributed by atoms with E-state index >= 15 is 0 Å². The number of ether oxygens (including phenoxy) is 1. The number of allylic oxidation sites excluding steroid dienone is 4. The second-order valence-electron chi connectivity index (χ2n) is 13.9. The van der Waals surface area contributed by atoms with Crippen molar-refractivity contribution in [1.29, 1.82) is 0 Å². The third kappa shape index (κ3) is 4.69. The van der Waals surface area contributed by atoms with Gasteiger partial charge in [0.1, 0.15) is 6.10 Å². The minimum absolute atomic E-state index is 0.00816. The van der Waals surface area contributed by atoms with Crippen LogP contribution in [0.15, 0.2) is 34.9 Å². The van der Waals surface area contributed by atoms with Crippen LogP contribution in [0.25, 0.3) is 0 Å². The molecule has 37 heavy (non-hydrogen) atoms. The van der Waals surface area contributed by atoms with Crippen molar-refractivity contribution in [2.24, 2.45) is 40.4 Å². The Morgan fingerprint density at radius 1 is 1.16 bits per heavy atom. The molecule has 0 aromatic rings. The highest BCUT2D eigenvalue weighted by molar-refractivity contribution is 5.66. The lowest BCUT2D eigenvalue weighted by Crippen LogP contribution is -2.58. The van der Waals surface area contributed by atoms with Crippen LogP contribution >= 0.6 is 0 Å². The van der Waals surface area contributed by atoms with Gasteiger partial charge in [0.25, 0.3) is 0 Å². The standard InChI is InChI=1S/C33H52N2O2/c1-21(8-9-24-16-19-35(7)20-22(24)2)26-12-13-27-25-10-11-29-31(37-23(3)36)30(34-6)15-18-33(29,5)28(25)14-17-32(26,27)4/h8-10,21,26-31,34H,11-20H2,1-7H3. The fraction of sp³-hybridized carbons (Fsp3) is 0.788. The van der Waals surface area contributed by atoms with E-state index in [-0.39, 0.29) is 23.5 Å². The fourth-order valence-corrected chi connectivity index (χ4v) is 9.87. The number of esters is 1. The van der Waals surface area contributed by atoms with Crippen LogP contribution in [0.1, 0.15) is 86.0 Å². The summed E-state index contributed by atoms with van der Waals surface area (Å²) in [6.45, 7) is 13.8. The number of hydrogen-bond acceptors (Lipinski definition) is 4. The Morgan fingerprint density at radius 2 is 1.89 bits per heavy atom. The van der Waals surface area contributed by atoms with Gasteiger partial charge in [0.2, 0.25) is 0 Å². The lowest BCUT2D eigenvalue weighted by atomic mass is 9.47. The molecule has 3 saturated carbocycles. The molecule has 0 spiro atoms. The molecule has 0 bridgehead atoms. The highest BCUT2D eigenvalue weighted by atomic mass is 16.5. The van der Waals surface area contributed by atoms with E-state index in [1.807, 2.05) is 7.05 Å². The molecular formula is C33H52N2O2. The van der Waals surface area contributed by atoms with Crippen molar-refractivity contribution in [3.05, 3.63) is 34.9 Å². The number of hydrogen-bond donors (Lipinski definition) is 1. The second kappa shape index (κ2) is 10.3. The van der Waals surface area contributed by atoms with Gasteiger partial charge in [-0.05, 0) is 112 Å². The van der Waals surface area contributed by atoms with Crippen LogP contribution in [0, 0.1) is 40.4 Å². The van der Waals surface area contributed by atoms with Gasteiger partial charge < -0.3 is 15.0 Å². The summed E-state index contributed by atoms with van der Waals surface area (Å²) in [6, 6.07) is 0.276. The summed E-state index contributed by atoms with van der Waals surface area (Å²) in [5.74, 6) is 3.05. The number of carbonyl (C=O) groups is 1. The summed E-state index contributed by atoms with van der Waals surface area (Å²) in [7, 11) is 4.26. The molecule has 9 unspecified atom stereocenters. The van der Waals surface area contributed by atoms with E-state index in [1.165, 1.54) is 45.1 Å². The van der Waals surface area contributed by atoms with E-state index in [0.717, 1.165) is 31.2 Å². The van der Waals surface area contributed by atoms with Crippen LogP contribution in [-0.2, 0) is 9.53 Å². The van der Waals surface area contributed by atoms with E-state index in [2.05, 4.69) is 63.2 Å². The SMILES string of the molecule is CNC1CCC2(C)C3CCC4(C)C(CCC4C(C)C=CC4=C(C)CN(C)CC4)C3=CCC2C1OC(C)=O. The largest absolute Gasteiger partial charge is 0.461 e. The highest BCUT2D eigenvalue weighted by Crippen LogP contribution is 2.67. The normalized spacial score (nSPS) is 43.2. The smallest absolute Gasteiger partial charge is 0.302 e. The Balaban J connectivity index is 1.36. The molecule has 0 amide bonds. The number of rotatable bonds is 5. The zero-order chi connectivity index (χ0) is 26.5. The summed E-state index contributed by atoms with van der Waals surface area (Å²) >= 11 is 0. The zero-order valence-electron chi connectivity index (χ0n) is 24.6. The van der Waals surface area contributed by atoms with Crippen molar-refractivity contribution in [2.45, 2.75) is 98.1 Å². The quantitative estimate of drug-likeness (QED) is 0.338. The summed E-state index contributed by atoms with van der Waals surface area (Å²) in [6.07, 6.45) is 17.6. The first-order valence-corrected chi connectivity index (χ1v) is 15.2. The van der Waals surface area contributed by atoms with Gasteiger partial charge in [-0.15, -0.1) is 0 Å². The van der Waals surface area contributed by atoms with Crippen molar-refractivity contribution in [3.8, 4) is 0 Å². The van der Waals surface area contributed by atoms with Gasteiger partial charge in [-0.1, -0.05) is 50.1 Å². The molecule has 0 aromatic heterocycles. The summed E-state index contributed by atoms with van der Waals surface area (Å²) < 4.78 is 6.01. The predicted octanol–water partition coefficient (Wildman–Crippen LogP) is 6.54. The third-order valence-electron chi connectivity index (χ3n) is 12.0. The molecular weight excluding hydrogens is 456 g/mol. The monoisotopic (exact) mass is 508 g/mol. The Labute approximate surface area is 226 Å². The van der Waals surface area contributed by atoms with Crippen LogP contribution in [0.4, 0.5) is 0 Å². The maximum atomic E-state index is 12.0. The number of nitrogens with one attached hydrogen (secondary N) is 1. The van der Waals surface area contributed by atoms with Gasteiger partial charge in [0.05, 0.1) is 0 Å². The van der Waals surface area contributed by atoms with Crippen LogP contribution in [0.5, 0.6) is 0 Å². The lowest BCUT2D eigenvalue weighted by Gasteiger charge is -2.59. The molecule has 206 valence electrons. The number of nitrogens with zero attached hydrogens (tertiary/aromatic N) is 1. The molecule has 0 saturated heterocycles. The van der Waals surface area contributed by atoms with Crippen LogP contribution < -0.4 is 5.32 Å². The molecule has 4 heteroatoms. The maximum absolute atomic E-state index is 12.0. The van der Waals surface area contributed by atoms with E-state index in [0.29, 0.717) is 23.2 Å². The molecule has 0 radical (unpaired) electrons. The molecule has 4 nitrogen and oxygen atoms in total. The highest BCUT2D eigenvalue weighted by Gasteiger charge is 2.60. The average molecular weight is 509 g/mol. The van der Waals surface area contributed by atoms with Gasteiger partial charge in [-0.2, -0.15) is 0 Å². The first-order chi connectivity index (χ1) is 17.6. The summed E-state index contributed by atoms with van der Waals surface area (Å²) in [5.41, 5.74) is 5.54. The molecule has 1 aliphatic heterocycles. The molecule has 0 aromatic carbocycles. The minimum Gasteiger partial charge on any atom is -0.461 e. The second-order valence-corrected chi connectivity index (χ2v) is 13.9. The number of fused-ring (bicyclic) bond motifs is 5. The third-order valence-corrected chi connectivity index (χ3v) is 12.0. The van der Waals surface area contributed by atoms with Crippen molar-refractivity contribution < 1.29 is 9.53 Å². The predicted molar refractivity (Wildman–Crippen MR) is 152 cm³/mol. The Morgan fingerprint density at radius 3 is 2.59 bits per heavy atom. The van der Waals surface area contributed by atoms with Crippen LogP contribution in [0.2, 0.25) is 0 Å². The fourth-order valence-electron chi connectivity index (χ4n) is 9.87. The molecule has 3 fully saturated rings. The first kappa shape index (κ1) is 27.2. The van der Waals surface area contributed by atoms with Gasteiger partial charge in [0.15, 0.2) is 0 Å².